The molecule has 0 radical (unpaired) electrons. The van der Waals surface area contributed by atoms with Crippen molar-refractivity contribution in [2.24, 2.45) is 0 Å². The summed E-state index contributed by atoms with van der Waals surface area (Å²) in [5.74, 6) is 0. The van der Waals surface area contributed by atoms with Crippen molar-refractivity contribution in [1.29, 1.82) is 0 Å². The first kappa shape index (κ1) is 17.2. The van der Waals surface area contributed by atoms with Crippen molar-refractivity contribution in [1.82, 2.24) is 14.8 Å². The number of amides is 2. The predicted molar refractivity (Wildman–Crippen MR) is 102 cm³/mol. The molecule has 1 N–H and O–H groups in total. The Hall–Kier alpha value is -2.18. The summed E-state index contributed by atoms with van der Waals surface area (Å²) in [5, 5.41) is 4.09. The van der Waals surface area contributed by atoms with Gasteiger partial charge in [-0.05, 0) is 50.6 Å². The third-order valence-corrected chi connectivity index (χ3v) is 5.15. The molecule has 6 nitrogen and oxygen atoms in total. The Labute approximate surface area is 154 Å². The average Bonchev–Trinajstić information content (AvgIpc) is 3.05. The third kappa shape index (κ3) is 4.14. The van der Waals surface area contributed by atoms with E-state index < -0.39 is 0 Å². The van der Waals surface area contributed by atoms with Crippen molar-refractivity contribution in [2.45, 2.75) is 25.4 Å². The quantitative estimate of drug-likeness (QED) is 0.921. The highest BCUT2D eigenvalue weighted by atomic mass is 16.5. The number of nitrogens with one attached hydrogen (secondary N) is 1. The summed E-state index contributed by atoms with van der Waals surface area (Å²) in [6.07, 6.45) is 5.28. The first-order valence-electron chi connectivity index (χ1n) is 9.52. The van der Waals surface area contributed by atoms with Crippen molar-refractivity contribution in [2.75, 3.05) is 44.6 Å². The highest BCUT2D eigenvalue weighted by Crippen LogP contribution is 2.18. The number of carbonyl (C=O) groups excluding carboxylic acids is 1. The number of aromatic nitrogens is 1. The maximum Gasteiger partial charge on any atom is 0.321 e. The Morgan fingerprint density at radius 2 is 2.08 bits per heavy atom. The number of fused-ring (bicyclic) bond motifs is 1. The number of nitrogens with zero attached hydrogens (tertiary/aromatic N) is 3. The summed E-state index contributed by atoms with van der Waals surface area (Å²) in [7, 11) is 0. The molecule has 0 saturated carbocycles. The van der Waals surface area contributed by atoms with Gasteiger partial charge in [-0.1, -0.05) is 12.1 Å². The van der Waals surface area contributed by atoms with Crippen LogP contribution in [0, 0.1) is 0 Å². The van der Waals surface area contributed by atoms with Crippen LogP contribution in [0.1, 0.15) is 19.3 Å². The van der Waals surface area contributed by atoms with E-state index in [4.69, 9.17) is 4.74 Å². The molecule has 0 aliphatic carbocycles. The smallest absolute Gasteiger partial charge is 0.321 e. The molecule has 1 atom stereocenters. The molecule has 2 aliphatic heterocycles. The number of urea groups is 1. The highest BCUT2D eigenvalue weighted by molar-refractivity contribution is 5.92. The van der Waals surface area contributed by atoms with Crippen LogP contribution >= 0.6 is 0 Å². The van der Waals surface area contributed by atoms with Gasteiger partial charge in [-0.2, -0.15) is 0 Å². The van der Waals surface area contributed by atoms with Crippen molar-refractivity contribution in [3.8, 4) is 0 Å². The van der Waals surface area contributed by atoms with Crippen LogP contribution in [0.4, 0.5) is 10.5 Å². The van der Waals surface area contributed by atoms with Crippen LogP contribution in [0.25, 0.3) is 10.9 Å². The van der Waals surface area contributed by atoms with E-state index in [1.54, 1.807) is 6.20 Å². The zero-order chi connectivity index (χ0) is 17.8. The molecule has 138 valence electrons. The van der Waals surface area contributed by atoms with Crippen molar-refractivity contribution in [3.63, 3.8) is 0 Å². The second-order valence-electron chi connectivity index (χ2n) is 7.14. The number of rotatable bonds is 3. The van der Waals surface area contributed by atoms with Gasteiger partial charge in [0, 0.05) is 43.5 Å². The summed E-state index contributed by atoms with van der Waals surface area (Å²) >= 11 is 0. The van der Waals surface area contributed by atoms with Crippen LogP contribution in [-0.2, 0) is 4.74 Å². The second kappa shape index (κ2) is 8.01. The number of anilines is 1. The standard InChI is InChI=1S/C20H26N4O2/c25-20(22-17-7-6-16-5-3-8-21-19(16)13-17)24-11-4-12-26-18(15-24)14-23-9-1-2-10-23/h3,5-8,13,18H,1-2,4,9-12,14-15H2,(H,22,25)/t18-/m1/s1. The maximum absolute atomic E-state index is 12.8. The number of hydrogen-bond acceptors (Lipinski definition) is 4. The van der Waals surface area contributed by atoms with E-state index in [9.17, 15) is 4.79 Å². The lowest BCUT2D eigenvalue weighted by Gasteiger charge is -2.27. The monoisotopic (exact) mass is 354 g/mol. The Bertz CT molecular complexity index is 760. The molecule has 2 aliphatic rings. The normalized spacial score (nSPS) is 21.7. The molecule has 2 aromatic rings. The molecule has 0 spiro atoms. The lowest BCUT2D eigenvalue weighted by molar-refractivity contribution is 0.0355. The van der Waals surface area contributed by atoms with Gasteiger partial charge in [0.1, 0.15) is 0 Å². The molecule has 2 fully saturated rings. The van der Waals surface area contributed by atoms with Gasteiger partial charge >= 0.3 is 6.03 Å². The lowest BCUT2D eigenvalue weighted by Crippen LogP contribution is -2.43. The Kier molecular flexibility index (Phi) is 5.32. The van der Waals surface area contributed by atoms with E-state index in [0.717, 1.165) is 55.8 Å². The fourth-order valence-corrected chi connectivity index (χ4v) is 3.79. The average molecular weight is 354 g/mol. The molecule has 4 rings (SSSR count). The molecule has 1 aromatic carbocycles. The first-order chi connectivity index (χ1) is 12.8. The minimum absolute atomic E-state index is 0.0581. The second-order valence-corrected chi connectivity index (χ2v) is 7.14. The molecule has 0 unspecified atom stereocenters. The molecule has 1 aromatic heterocycles. The number of likely N-dealkylation sites (tertiary alicyclic amines) is 1. The molecule has 3 heterocycles. The minimum Gasteiger partial charge on any atom is -0.375 e. The van der Waals surface area contributed by atoms with Gasteiger partial charge in [0.15, 0.2) is 0 Å². The Balaban J connectivity index is 1.40. The highest BCUT2D eigenvalue weighted by Gasteiger charge is 2.25. The first-order valence-corrected chi connectivity index (χ1v) is 9.52. The van der Waals surface area contributed by atoms with Crippen molar-refractivity contribution >= 4 is 22.6 Å². The number of carbonyl (C=O) groups is 1. The topological polar surface area (TPSA) is 57.7 Å². The molecule has 2 amide bonds. The fourth-order valence-electron chi connectivity index (χ4n) is 3.79. The fraction of sp³-hybridized carbons (Fsp3) is 0.500. The van der Waals surface area contributed by atoms with Gasteiger partial charge in [-0.25, -0.2) is 4.79 Å². The van der Waals surface area contributed by atoms with Crippen molar-refractivity contribution < 1.29 is 9.53 Å². The van der Waals surface area contributed by atoms with Crippen LogP contribution in [0.3, 0.4) is 0 Å². The molecule has 0 bridgehead atoms. The molecular weight excluding hydrogens is 328 g/mol. The van der Waals surface area contributed by atoms with Gasteiger partial charge in [0.2, 0.25) is 0 Å². The predicted octanol–water partition coefficient (Wildman–Crippen LogP) is 2.95. The third-order valence-electron chi connectivity index (χ3n) is 5.15. The molecule has 2 saturated heterocycles. The van der Waals surface area contributed by atoms with E-state index in [1.165, 1.54) is 12.8 Å². The Morgan fingerprint density at radius 1 is 1.19 bits per heavy atom. The summed E-state index contributed by atoms with van der Waals surface area (Å²) in [5.41, 5.74) is 1.67. The molecule has 6 heteroatoms. The minimum atomic E-state index is -0.0581. The van der Waals surface area contributed by atoms with E-state index in [2.05, 4.69) is 15.2 Å². The zero-order valence-corrected chi connectivity index (χ0v) is 15.1. The van der Waals surface area contributed by atoms with E-state index in [-0.39, 0.29) is 12.1 Å². The Morgan fingerprint density at radius 3 is 2.96 bits per heavy atom. The lowest BCUT2D eigenvalue weighted by atomic mass is 10.2. The van der Waals surface area contributed by atoms with Crippen molar-refractivity contribution in [3.05, 3.63) is 36.5 Å². The number of ether oxygens (including phenoxy) is 1. The zero-order valence-electron chi connectivity index (χ0n) is 15.1. The van der Waals surface area contributed by atoms with Crippen LogP contribution in [0.2, 0.25) is 0 Å². The number of pyridine rings is 1. The summed E-state index contributed by atoms with van der Waals surface area (Å²) in [4.78, 5) is 21.5. The van der Waals surface area contributed by atoms with E-state index >= 15 is 0 Å². The summed E-state index contributed by atoms with van der Waals surface area (Å²) in [6.45, 7) is 5.32. The summed E-state index contributed by atoms with van der Waals surface area (Å²) in [6, 6.07) is 9.71. The van der Waals surface area contributed by atoms with E-state index in [0.29, 0.717) is 6.54 Å². The molecule has 26 heavy (non-hydrogen) atoms. The number of benzene rings is 1. The van der Waals surface area contributed by atoms with Crippen LogP contribution in [0.15, 0.2) is 36.5 Å². The van der Waals surface area contributed by atoms with Gasteiger partial charge in [-0.3, -0.25) is 4.98 Å². The van der Waals surface area contributed by atoms with E-state index in [1.807, 2.05) is 35.2 Å². The number of hydrogen-bond donors (Lipinski definition) is 1. The van der Waals surface area contributed by atoms with Crippen LogP contribution in [0.5, 0.6) is 0 Å². The van der Waals surface area contributed by atoms with Crippen LogP contribution < -0.4 is 5.32 Å². The SMILES string of the molecule is O=C(Nc1ccc2cccnc2c1)N1CCCO[C@H](CN2CCCC2)C1. The van der Waals surface area contributed by atoms with Gasteiger partial charge in [0.05, 0.1) is 11.6 Å². The van der Waals surface area contributed by atoms with Gasteiger partial charge in [-0.15, -0.1) is 0 Å². The van der Waals surface area contributed by atoms with Gasteiger partial charge in [0.25, 0.3) is 0 Å². The van der Waals surface area contributed by atoms with Crippen LogP contribution in [-0.4, -0.2) is 66.2 Å². The summed E-state index contributed by atoms with van der Waals surface area (Å²) < 4.78 is 5.98. The van der Waals surface area contributed by atoms with Gasteiger partial charge < -0.3 is 19.9 Å². The molecular formula is C20H26N4O2. The maximum atomic E-state index is 12.8. The largest absolute Gasteiger partial charge is 0.375 e.